The van der Waals surface area contributed by atoms with E-state index in [-0.39, 0.29) is 19.1 Å². The van der Waals surface area contributed by atoms with E-state index in [4.69, 9.17) is 9.47 Å². The minimum atomic E-state index is -1.12. The predicted octanol–water partition coefficient (Wildman–Crippen LogP) is 3.30. The molecule has 176 valence electrons. The van der Waals surface area contributed by atoms with Crippen molar-refractivity contribution in [3.63, 3.8) is 0 Å². The van der Waals surface area contributed by atoms with Gasteiger partial charge < -0.3 is 25.2 Å². The van der Waals surface area contributed by atoms with E-state index < -0.39 is 30.1 Å². The topological polar surface area (TPSA) is 114 Å². The van der Waals surface area contributed by atoms with Crippen molar-refractivity contribution >= 4 is 18.0 Å². The van der Waals surface area contributed by atoms with Crippen LogP contribution in [-0.4, -0.2) is 55.5 Å². The lowest BCUT2D eigenvalue weighted by Gasteiger charge is -2.21. The molecule has 8 nitrogen and oxygen atoms in total. The van der Waals surface area contributed by atoms with E-state index in [1.54, 1.807) is 0 Å². The molecule has 0 fully saturated rings. The fraction of sp³-hybridized carbons (Fsp3) is 0.400. The smallest absolute Gasteiger partial charge is 0.407 e. The number of hydrogen-bond donors (Lipinski definition) is 3. The van der Waals surface area contributed by atoms with E-state index in [2.05, 4.69) is 10.6 Å². The number of nitrogens with one attached hydrogen (secondary N) is 2. The summed E-state index contributed by atoms with van der Waals surface area (Å²) < 4.78 is 10.5. The Morgan fingerprint density at radius 2 is 1.58 bits per heavy atom. The molecule has 2 amide bonds. The van der Waals surface area contributed by atoms with Crippen LogP contribution >= 0.6 is 0 Å². The number of amides is 2. The highest BCUT2D eigenvalue weighted by Crippen LogP contribution is 2.44. The molecule has 0 aromatic heterocycles. The molecule has 2 aromatic carbocycles. The van der Waals surface area contributed by atoms with Gasteiger partial charge in [0.2, 0.25) is 5.91 Å². The zero-order valence-corrected chi connectivity index (χ0v) is 18.9. The Labute approximate surface area is 193 Å². The van der Waals surface area contributed by atoms with Crippen LogP contribution in [0.3, 0.4) is 0 Å². The minimum Gasteiger partial charge on any atom is -0.480 e. The number of fused-ring (bicyclic) bond motifs is 3. The van der Waals surface area contributed by atoms with E-state index >= 15 is 0 Å². The largest absolute Gasteiger partial charge is 0.480 e. The van der Waals surface area contributed by atoms with Crippen molar-refractivity contribution < 1.29 is 29.0 Å². The molecule has 2 atom stereocenters. The van der Waals surface area contributed by atoms with Gasteiger partial charge in [-0.25, -0.2) is 9.59 Å². The third kappa shape index (κ3) is 5.90. The SMILES string of the molecule is CCCCC(NC(=O)[C@H](COC)NC(=O)OCC1c2ccccc2-c2ccccc21)C(=O)O. The summed E-state index contributed by atoms with van der Waals surface area (Å²) in [6, 6.07) is 13.9. The van der Waals surface area contributed by atoms with Crippen LogP contribution in [0, 0.1) is 0 Å². The second kappa shape index (κ2) is 11.5. The van der Waals surface area contributed by atoms with E-state index in [1.165, 1.54) is 7.11 Å². The molecule has 3 N–H and O–H groups in total. The average molecular weight is 455 g/mol. The Kier molecular flexibility index (Phi) is 8.43. The second-order valence-corrected chi connectivity index (χ2v) is 8.02. The first-order chi connectivity index (χ1) is 16.0. The zero-order chi connectivity index (χ0) is 23.8. The van der Waals surface area contributed by atoms with Crippen molar-refractivity contribution in [3.8, 4) is 11.1 Å². The monoisotopic (exact) mass is 454 g/mol. The third-order valence-corrected chi connectivity index (χ3v) is 5.75. The highest BCUT2D eigenvalue weighted by molar-refractivity contribution is 5.89. The minimum absolute atomic E-state index is 0.107. The Hall–Kier alpha value is -3.39. The van der Waals surface area contributed by atoms with Gasteiger partial charge in [-0.3, -0.25) is 4.79 Å². The van der Waals surface area contributed by atoms with Gasteiger partial charge in [-0.2, -0.15) is 0 Å². The molecule has 0 saturated heterocycles. The van der Waals surface area contributed by atoms with Crippen molar-refractivity contribution in [1.29, 1.82) is 0 Å². The highest BCUT2D eigenvalue weighted by atomic mass is 16.5. The average Bonchev–Trinajstić information content (AvgIpc) is 3.13. The van der Waals surface area contributed by atoms with Crippen LogP contribution < -0.4 is 10.6 Å². The van der Waals surface area contributed by atoms with Crippen LogP contribution in [0.2, 0.25) is 0 Å². The number of carboxylic acids is 1. The molecule has 1 aliphatic carbocycles. The quantitative estimate of drug-likeness (QED) is 0.480. The van der Waals surface area contributed by atoms with Crippen LogP contribution in [0.4, 0.5) is 4.79 Å². The highest BCUT2D eigenvalue weighted by Gasteiger charge is 2.30. The maximum absolute atomic E-state index is 12.6. The molecule has 33 heavy (non-hydrogen) atoms. The van der Waals surface area contributed by atoms with Gasteiger partial charge in [0.25, 0.3) is 0 Å². The molecule has 0 aliphatic heterocycles. The van der Waals surface area contributed by atoms with Gasteiger partial charge in [-0.05, 0) is 28.7 Å². The molecule has 1 aliphatic rings. The lowest BCUT2D eigenvalue weighted by Crippen LogP contribution is -2.53. The van der Waals surface area contributed by atoms with Crippen molar-refractivity contribution in [1.82, 2.24) is 10.6 Å². The van der Waals surface area contributed by atoms with Crippen LogP contribution in [0.25, 0.3) is 11.1 Å². The Morgan fingerprint density at radius 3 is 2.12 bits per heavy atom. The Balaban J connectivity index is 1.62. The van der Waals surface area contributed by atoms with Crippen LogP contribution in [0.5, 0.6) is 0 Å². The number of rotatable bonds is 11. The molecule has 2 aromatic rings. The summed E-state index contributed by atoms with van der Waals surface area (Å²) in [7, 11) is 1.39. The van der Waals surface area contributed by atoms with Gasteiger partial charge in [-0.1, -0.05) is 68.3 Å². The van der Waals surface area contributed by atoms with Crippen LogP contribution in [-0.2, 0) is 19.1 Å². The normalized spacial score (nSPS) is 14.0. The molecule has 0 spiro atoms. The molecule has 8 heteroatoms. The number of hydrogen-bond acceptors (Lipinski definition) is 5. The molecule has 0 radical (unpaired) electrons. The summed E-state index contributed by atoms with van der Waals surface area (Å²) in [6.07, 6.45) is 1.00. The van der Waals surface area contributed by atoms with Gasteiger partial charge in [-0.15, -0.1) is 0 Å². The van der Waals surface area contributed by atoms with E-state index in [0.29, 0.717) is 12.8 Å². The van der Waals surface area contributed by atoms with Crippen LogP contribution in [0.1, 0.15) is 43.2 Å². The molecule has 0 heterocycles. The Morgan fingerprint density at radius 1 is 0.970 bits per heavy atom. The fourth-order valence-electron chi connectivity index (χ4n) is 4.07. The van der Waals surface area contributed by atoms with Gasteiger partial charge in [0.05, 0.1) is 6.61 Å². The van der Waals surface area contributed by atoms with Crippen molar-refractivity contribution in [2.75, 3.05) is 20.3 Å². The number of aliphatic carboxylic acids is 1. The number of carboxylic acid groups (broad SMARTS) is 1. The first-order valence-corrected chi connectivity index (χ1v) is 11.1. The summed E-state index contributed by atoms with van der Waals surface area (Å²) in [5.74, 6) is -1.86. The number of benzene rings is 2. The maximum atomic E-state index is 12.6. The van der Waals surface area contributed by atoms with Crippen molar-refractivity contribution in [2.24, 2.45) is 0 Å². The van der Waals surface area contributed by atoms with E-state index in [1.807, 2.05) is 55.5 Å². The van der Waals surface area contributed by atoms with E-state index in [0.717, 1.165) is 28.7 Å². The van der Waals surface area contributed by atoms with Gasteiger partial charge >= 0.3 is 12.1 Å². The predicted molar refractivity (Wildman–Crippen MR) is 123 cm³/mol. The molecule has 3 rings (SSSR count). The number of carbonyl (C=O) groups is 3. The van der Waals surface area contributed by atoms with E-state index in [9.17, 15) is 19.5 Å². The molecule has 1 unspecified atom stereocenters. The standard InChI is InChI=1S/C25H30N2O6/c1-3-4-13-21(24(29)30)26-23(28)22(15-32-2)27-25(31)33-14-20-18-11-7-5-9-16(18)17-10-6-8-12-19(17)20/h5-12,20-22H,3-4,13-15H2,1-2H3,(H,26,28)(H,27,31)(H,29,30)/t21?,22-/m0/s1. The van der Waals surface area contributed by atoms with Gasteiger partial charge in [0.15, 0.2) is 0 Å². The van der Waals surface area contributed by atoms with Gasteiger partial charge in [0, 0.05) is 13.0 Å². The van der Waals surface area contributed by atoms with Crippen molar-refractivity contribution in [2.45, 2.75) is 44.2 Å². The Bertz CT molecular complexity index is 947. The lowest BCUT2D eigenvalue weighted by molar-refractivity contribution is -0.142. The molecule has 0 bridgehead atoms. The number of methoxy groups -OCH3 is 1. The summed E-state index contributed by atoms with van der Waals surface area (Å²) >= 11 is 0. The summed E-state index contributed by atoms with van der Waals surface area (Å²) in [4.78, 5) is 36.6. The number of carbonyl (C=O) groups excluding carboxylic acids is 2. The van der Waals surface area contributed by atoms with Crippen molar-refractivity contribution in [3.05, 3.63) is 59.7 Å². The zero-order valence-electron chi connectivity index (χ0n) is 18.9. The molecule has 0 saturated carbocycles. The molecular weight excluding hydrogens is 424 g/mol. The fourth-order valence-corrected chi connectivity index (χ4v) is 4.07. The first-order valence-electron chi connectivity index (χ1n) is 11.1. The third-order valence-electron chi connectivity index (χ3n) is 5.75. The second-order valence-electron chi connectivity index (χ2n) is 8.02. The first kappa shape index (κ1) is 24.3. The number of unbranched alkanes of at least 4 members (excludes halogenated alkanes) is 1. The lowest BCUT2D eigenvalue weighted by atomic mass is 9.98. The summed E-state index contributed by atoms with van der Waals surface area (Å²) in [6.45, 7) is 1.93. The van der Waals surface area contributed by atoms with Crippen LogP contribution in [0.15, 0.2) is 48.5 Å². The summed E-state index contributed by atoms with van der Waals surface area (Å²) in [5, 5.41) is 14.3. The molecular formula is C25H30N2O6. The van der Waals surface area contributed by atoms with Gasteiger partial charge in [0.1, 0.15) is 18.7 Å². The summed E-state index contributed by atoms with van der Waals surface area (Å²) in [5.41, 5.74) is 4.40. The number of ether oxygens (including phenoxy) is 2. The number of alkyl carbamates (subject to hydrolysis) is 1. The maximum Gasteiger partial charge on any atom is 0.407 e.